The average Bonchev–Trinajstić information content (AvgIpc) is 3.42. The number of carbonyl (C=O) groups excluding carboxylic acids is 2. The number of nitrogens with one attached hydrogen (secondary N) is 2. The van der Waals surface area contributed by atoms with Crippen LogP contribution in [-0.2, 0) is 22.4 Å². The van der Waals surface area contributed by atoms with Crippen molar-refractivity contribution in [1.29, 1.82) is 0 Å². The van der Waals surface area contributed by atoms with Gasteiger partial charge in [0, 0.05) is 23.7 Å². The van der Waals surface area contributed by atoms with Crippen LogP contribution in [0.15, 0.2) is 35.1 Å². The Labute approximate surface area is 178 Å². The lowest BCUT2D eigenvalue weighted by molar-refractivity contribution is -0.119. The smallest absolute Gasteiger partial charge is 0.414 e. The number of nitrogens with zero attached hydrogens (tertiary/aromatic N) is 2. The second kappa shape index (κ2) is 7.50. The minimum absolute atomic E-state index is 0.0653. The highest BCUT2D eigenvalue weighted by Gasteiger charge is 2.33. The molecule has 31 heavy (non-hydrogen) atoms. The lowest BCUT2D eigenvalue weighted by atomic mass is 10.00. The van der Waals surface area contributed by atoms with Crippen molar-refractivity contribution in [2.75, 3.05) is 18.0 Å². The van der Waals surface area contributed by atoms with E-state index in [9.17, 15) is 14.7 Å². The minimum Gasteiger partial charge on any atom is -0.504 e. The Balaban J connectivity index is 1.44. The molecule has 1 aliphatic heterocycles. The summed E-state index contributed by atoms with van der Waals surface area (Å²) < 4.78 is 10.5. The van der Waals surface area contributed by atoms with Gasteiger partial charge in [0.25, 0.3) is 0 Å². The molecule has 1 fully saturated rings. The summed E-state index contributed by atoms with van der Waals surface area (Å²) in [5, 5.41) is 20.3. The highest BCUT2D eigenvalue weighted by Crippen LogP contribution is 2.40. The van der Waals surface area contributed by atoms with Gasteiger partial charge >= 0.3 is 6.09 Å². The number of carbonyl (C=O) groups is 2. The fraction of sp³-hybridized carbons (Fsp3) is 0.318. The van der Waals surface area contributed by atoms with Gasteiger partial charge in [-0.1, -0.05) is 6.07 Å². The number of hydrogen-bond donors (Lipinski definition) is 3. The molecule has 1 saturated heterocycles. The zero-order chi connectivity index (χ0) is 21.5. The number of rotatable bonds is 4. The Morgan fingerprint density at radius 2 is 2.19 bits per heavy atom. The molecule has 1 aromatic carbocycles. The van der Waals surface area contributed by atoms with Crippen molar-refractivity contribution in [1.82, 2.24) is 15.5 Å². The number of aromatic nitrogens is 2. The average molecular weight is 422 g/mol. The Bertz CT molecular complexity index is 1160. The van der Waals surface area contributed by atoms with E-state index in [-0.39, 0.29) is 17.8 Å². The number of hydrogen-bond acceptors (Lipinski definition) is 6. The largest absolute Gasteiger partial charge is 0.504 e. The molecule has 2 aliphatic rings. The molecule has 0 spiro atoms. The van der Waals surface area contributed by atoms with Gasteiger partial charge < -0.3 is 19.6 Å². The molecule has 3 aromatic rings. The first-order chi connectivity index (χ1) is 15.0. The number of aromatic amines is 1. The lowest BCUT2D eigenvalue weighted by Crippen LogP contribution is -2.33. The van der Waals surface area contributed by atoms with Crippen molar-refractivity contribution >= 4 is 17.7 Å². The van der Waals surface area contributed by atoms with Crippen molar-refractivity contribution in [3.63, 3.8) is 0 Å². The molecule has 2 aromatic heterocycles. The Hall–Kier alpha value is -3.75. The number of aryl methyl sites for hydroxylation is 1. The molecule has 0 bridgehead atoms. The molecular weight excluding hydrogens is 400 g/mol. The van der Waals surface area contributed by atoms with Crippen LogP contribution in [-0.4, -0.2) is 46.5 Å². The number of H-pyrrole nitrogens is 1. The third-order valence-corrected chi connectivity index (χ3v) is 5.76. The first-order valence-corrected chi connectivity index (χ1v) is 10.2. The van der Waals surface area contributed by atoms with Gasteiger partial charge in [0.05, 0.1) is 24.3 Å². The SMILES string of the molecule is CC(=O)NC[C@H]1CN(c2ccc3c(c2)CCCc2c(-c4cocc4O)n[nH]c2-3)C(=O)O1. The first kappa shape index (κ1) is 19.2. The van der Waals surface area contributed by atoms with Gasteiger partial charge in [-0.2, -0.15) is 5.10 Å². The van der Waals surface area contributed by atoms with Crippen LogP contribution in [0.1, 0.15) is 24.5 Å². The molecule has 5 rings (SSSR count). The molecule has 0 unspecified atom stereocenters. The van der Waals surface area contributed by atoms with Crippen molar-refractivity contribution in [2.45, 2.75) is 32.3 Å². The molecule has 3 heterocycles. The van der Waals surface area contributed by atoms with Gasteiger partial charge in [-0.25, -0.2) is 4.79 Å². The fourth-order valence-electron chi connectivity index (χ4n) is 4.27. The fourth-order valence-corrected chi connectivity index (χ4v) is 4.27. The van der Waals surface area contributed by atoms with Gasteiger partial charge in [0.2, 0.25) is 5.91 Å². The van der Waals surface area contributed by atoms with E-state index in [0.29, 0.717) is 24.3 Å². The lowest BCUT2D eigenvalue weighted by Gasteiger charge is -2.16. The summed E-state index contributed by atoms with van der Waals surface area (Å²) >= 11 is 0. The van der Waals surface area contributed by atoms with Crippen molar-refractivity contribution in [3.05, 3.63) is 41.9 Å². The zero-order valence-corrected chi connectivity index (χ0v) is 17.0. The van der Waals surface area contributed by atoms with Crippen molar-refractivity contribution < 1.29 is 23.8 Å². The van der Waals surface area contributed by atoms with Gasteiger partial charge in [-0.05, 0) is 37.0 Å². The Morgan fingerprint density at radius 1 is 1.32 bits per heavy atom. The second-order valence-electron chi connectivity index (χ2n) is 7.84. The molecule has 9 heteroatoms. The molecule has 160 valence electrons. The maximum Gasteiger partial charge on any atom is 0.414 e. The van der Waals surface area contributed by atoms with E-state index in [1.165, 1.54) is 19.5 Å². The van der Waals surface area contributed by atoms with Crippen LogP contribution in [0.2, 0.25) is 0 Å². The number of amides is 2. The minimum atomic E-state index is -0.413. The maximum atomic E-state index is 12.4. The number of benzene rings is 1. The van der Waals surface area contributed by atoms with E-state index in [1.54, 1.807) is 4.90 Å². The van der Waals surface area contributed by atoms with Crippen LogP contribution in [0.4, 0.5) is 10.5 Å². The van der Waals surface area contributed by atoms with Crippen LogP contribution >= 0.6 is 0 Å². The van der Waals surface area contributed by atoms with Gasteiger partial charge in [0.1, 0.15) is 24.3 Å². The van der Waals surface area contributed by atoms with Crippen LogP contribution in [0.3, 0.4) is 0 Å². The van der Waals surface area contributed by atoms with Crippen LogP contribution in [0, 0.1) is 0 Å². The molecular formula is C22H22N4O5. The van der Waals surface area contributed by atoms with Gasteiger partial charge in [-0.3, -0.25) is 14.8 Å². The summed E-state index contributed by atoms with van der Waals surface area (Å²) in [4.78, 5) is 25.1. The third kappa shape index (κ3) is 3.41. The second-order valence-corrected chi connectivity index (χ2v) is 7.84. The number of furan rings is 1. The Morgan fingerprint density at radius 3 is 2.97 bits per heavy atom. The van der Waals surface area contributed by atoms with Gasteiger partial charge in [-0.15, -0.1) is 0 Å². The number of aromatic hydroxyl groups is 1. The highest BCUT2D eigenvalue weighted by molar-refractivity contribution is 5.91. The summed E-state index contributed by atoms with van der Waals surface area (Å²) in [6.45, 7) is 2.12. The molecule has 2 amide bonds. The third-order valence-electron chi connectivity index (χ3n) is 5.76. The highest BCUT2D eigenvalue weighted by atomic mass is 16.6. The van der Waals surface area contributed by atoms with E-state index in [1.807, 2.05) is 18.2 Å². The van der Waals surface area contributed by atoms with E-state index in [2.05, 4.69) is 15.5 Å². The summed E-state index contributed by atoms with van der Waals surface area (Å²) in [5.74, 6) is -0.0894. The number of cyclic esters (lactones) is 1. The quantitative estimate of drug-likeness (QED) is 0.594. The first-order valence-electron chi connectivity index (χ1n) is 10.2. The van der Waals surface area contributed by atoms with E-state index < -0.39 is 6.09 Å². The molecule has 3 N–H and O–H groups in total. The van der Waals surface area contributed by atoms with Crippen molar-refractivity contribution in [3.8, 4) is 28.3 Å². The van der Waals surface area contributed by atoms with Crippen LogP contribution in [0.5, 0.6) is 5.75 Å². The normalized spacial score (nSPS) is 17.6. The number of ether oxygens (including phenoxy) is 1. The van der Waals surface area contributed by atoms with Crippen LogP contribution < -0.4 is 10.2 Å². The molecule has 0 saturated carbocycles. The summed E-state index contributed by atoms with van der Waals surface area (Å²) in [6, 6.07) is 5.90. The molecule has 0 radical (unpaired) electrons. The van der Waals surface area contributed by atoms with E-state index in [0.717, 1.165) is 47.3 Å². The molecule has 1 atom stereocenters. The zero-order valence-electron chi connectivity index (χ0n) is 17.0. The number of fused-ring (bicyclic) bond motifs is 3. The summed E-state index contributed by atoms with van der Waals surface area (Å²) in [7, 11) is 0. The van der Waals surface area contributed by atoms with E-state index >= 15 is 0 Å². The number of anilines is 1. The molecule has 1 aliphatic carbocycles. The predicted molar refractivity (Wildman–Crippen MR) is 112 cm³/mol. The van der Waals surface area contributed by atoms with Gasteiger partial charge in [0.15, 0.2) is 5.75 Å². The summed E-state index contributed by atoms with van der Waals surface area (Å²) in [5.41, 5.74) is 6.14. The summed E-state index contributed by atoms with van der Waals surface area (Å²) in [6.07, 6.45) is 4.56. The van der Waals surface area contributed by atoms with Crippen LogP contribution in [0.25, 0.3) is 22.5 Å². The van der Waals surface area contributed by atoms with Crippen molar-refractivity contribution in [2.24, 2.45) is 0 Å². The maximum absolute atomic E-state index is 12.4. The monoisotopic (exact) mass is 422 g/mol. The standard InChI is InChI=1S/C22H22N4O5/c1-12(27)23-8-15-9-26(22(29)31-15)14-5-6-16-13(7-14)3-2-4-17-20(16)24-25-21(17)18-10-30-11-19(18)28/h5-7,10-11,15,28H,2-4,8-9H2,1H3,(H,23,27)(H,24,25)/t15-/m0/s1. The predicted octanol–water partition coefficient (Wildman–Crippen LogP) is 2.99. The molecule has 9 nitrogen and oxygen atoms in total. The Kier molecular flexibility index (Phi) is 4.65. The van der Waals surface area contributed by atoms with E-state index in [4.69, 9.17) is 9.15 Å². The topological polar surface area (TPSA) is 121 Å².